The fourth-order valence-corrected chi connectivity index (χ4v) is 3.32. The van der Waals surface area contributed by atoms with Crippen LogP contribution in [0.4, 0.5) is 4.79 Å². The summed E-state index contributed by atoms with van der Waals surface area (Å²) in [7, 11) is 0. The topological polar surface area (TPSA) is 72.9 Å². The zero-order valence-electron chi connectivity index (χ0n) is 12.9. The Morgan fingerprint density at radius 2 is 1.95 bits per heavy atom. The molecule has 0 aromatic rings. The number of carbonyl (C=O) groups is 2. The van der Waals surface area contributed by atoms with E-state index in [1.54, 1.807) is 4.90 Å². The Balaban J connectivity index is 1.73. The van der Waals surface area contributed by atoms with Gasteiger partial charge in [0, 0.05) is 32.1 Å². The molecule has 2 N–H and O–H groups in total. The number of rotatable bonds is 5. The summed E-state index contributed by atoms with van der Waals surface area (Å²) in [5.74, 6) is -0.678. The molecule has 2 saturated heterocycles. The van der Waals surface area contributed by atoms with Crippen molar-refractivity contribution in [3.05, 3.63) is 0 Å². The van der Waals surface area contributed by atoms with Gasteiger partial charge in [-0.25, -0.2) is 4.79 Å². The second-order valence-corrected chi connectivity index (χ2v) is 6.33. The molecule has 0 radical (unpaired) electrons. The van der Waals surface area contributed by atoms with Crippen LogP contribution in [0.5, 0.6) is 0 Å². The van der Waals surface area contributed by atoms with Gasteiger partial charge < -0.3 is 15.3 Å². The molecule has 120 valence electrons. The Kier molecular flexibility index (Phi) is 5.85. The number of hydrogen-bond acceptors (Lipinski definition) is 3. The lowest BCUT2D eigenvalue weighted by Crippen LogP contribution is -2.49. The number of carboxylic acids is 1. The normalized spacial score (nSPS) is 24.8. The minimum Gasteiger partial charge on any atom is -0.481 e. The summed E-state index contributed by atoms with van der Waals surface area (Å²) in [4.78, 5) is 27.2. The fourth-order valence-electron chi connectivity index (χ4n) is 3.32. The Morgan fingerprint density at radius 1 is 1.24 bits per heavy atom. The first-order valence-electron chi connectivity index (χ1n) is 8.05. The molecular formula is C15H27N3O3. The van der Waals surface area contributed by atoms with Crippen molar-refractivity contribution >= 4 is 12.0 Å². The van der Waals surface area contributed by atoms with Gasteiger partial charge in [0.2, 0.25) is 0 Å². The maximum atomic E-state index is 12.2. The molecule has 2 unspecified atom stereocenters. The highest BCUT2D eigenvalue weighted by Crippen LogP contribution is 2.19. The van der Waals surface area contributed by atoms with Crippen LogP contribution >= 0.6 is 0 Å². The molecule has 2 aliphatic rings. The van der Waals surface area contributed by atoms with E-state index < -0.39 is 5.97 Å². The summed E-state index contributed by atoms with van der Waals surface area (Å²) >= 11 is 0. The molecule has 0 saturated carbocycles. The van der Waals surface area contributed by atoms with Crippen molar-refractivity contribution in [3.8, 4) is 0 Å². The van der Waals surface area contributed by atoms with Crippen molar-refractivity contribution in [2.45, 2.75) is 45.1 Å². The molecule has 0 aliphatic carbocycles. The van der Waals surface area contributed by atoms with Crippen molar-refractivity contribution in [3.63, 3.8) is 0 Å². The lowest BCUT2D eigenvalue weighted by molar-refractivity contribution is -0.138. The number of aliphatic carboxylic acids is 1. The van der Waals surface area contributed by atoms with E-state index in [-0.39, 0.29) is 18.4 Å². The van der Waals surface area contributed by atoms with Crippen molar-refractivity contribution in [2.24, 2.45) is 5.92 Å². The summed E-state index contributed by atoms with van der Waals surface area (Å²) in [5, 5.41) is 11.9. The van der Waals surface area contributed by atoms with E-state index in [0.29, 0.717) is 19.1 Å². The minimum absolute atomic E-state index is 0.0452. The monoisotopic (exact) mass is 297 g/mol. The van der Waals surface area contributed by atoms with Crippen molar-refractivity contribution < 1.29 is 14.7 Å². The van der Waals surface area contributed by atoms with E-state index in [1.165, 1.54) is 12.8 Å². The molecular weight excluding hydrogens is 270 g/mol. The molecule has 0 aromatic carbocycles. The van der Waals surface area contributed by atoms with E-state index >= 15 is 0 Å². The number of piperidine rings is 1. The van der Waals surface area contributed by atoms with Crippen LogP contribution in [0.15, 0.2) is 0 Å². The lowest BCUT2D eigenvalue weighted by atomic mass is 9.95. The van der Waals surface area contributed by atoms with Crippen LogP contribution in [0.3, 0.4) is 0 Å². The van der Waals surface area contributed by atoms with Gasteiger partial charge in [-0.2, -0.15) is 0 Å². The minimum atomic E-state index is -0.773. The number of nitrogens with zero attached hydrogens (tertiary/aromatic N) is 2. The van der Waals surface area contributed by atoms with Crippen LogP contribution in [0.25, 0.3) is 0 Å². The van der Waals surface area contributed by atoms with Gasteiger partial charge in [0.05, 0.1) is 0 Å². The first kappa shape index (κ1) is 16.1. The van der Waals surface area contributed by atoms with E-state index in [2.05, 4.69) is 17.1 Å². The Morgan fingerprint density at radius 3 is 2.62 bits per heavy atom. The highest BCUT2D eigenvalue weighted by atomic mass is 16.4. The lowest BCUT2D eigenvalue weighted by Gasteiger charge is -2.33. The molecule has 2 fully saturated rings. The number of hydrogen-bond donors (Lipinski definition) is 2. The third kappa shape index (κ3) is 4.88. The molecule has 0 spiro atoms. The standard InChI is InChI=1S/C15H27N3O3/c1-12(17-6-2-3-7-17)10-16-15(21)18-8-4-5-13(11-18)9-14(19)20/h12-13H,2-11H2,1H3,(H,16,21)(H,19,20). The van der Waals surface area contributed by atoms with Gasteiger partial charge in [-0.1, -0.05) is 0 Å². The third-order valence-corrected chi connectivity index (χ3v) is 4.58. The average molecular weight is 297 g/mol. The van der Waals surface area contributed by atoms with Gasteiger partial charge in [0.1, 0.15) is 0 Å². The van der Waals surface area contributed by atoms with E-state index in [0.717, 1.165) is 32.5 Å². The van der Waals surface area contributed by atoms with Crippen LogP contribution < -0.4 is 5.32 Å². The smallest absolute Gasteiger partial charge is 0.317 e. The van der Waals surface area contributed by atoms with Crippen molar-refractivity contribution in [2.75, 3.05) is 32.7 Å². The van der Waals surface area contributed by atoms with Gasteiger partial charge in [0.15, 0.2) is 0 Å². The van der Waals surface area contributed by atoms with E-state index in [1.807, 2.05) is 0 Å². The molecule has 2 aliphatic heterocycles. The molecule has 2 rings (SSSR count). The highest BCUT2D eigenvalue weighted by Gasteiger charge is 2.26. The van der Waals surface area contributed by atoms with Gasteiger partial charge in [0.25, 0.3) is 0 Å². The molecule has 0 aromatic heterocycles. The second kappa shape index (κ2) is 7.64. The van der Waals surface area contributed by atoms with Crippen LogP contribution in [0.2, 0.25) is 0 Å². The maximum absolute atomic E-state index is 12.2. The molecule has 2 amide bonds. The molecule has 2 atom stereocenters. The average Bonchev–Trinajstić information content (AvgIpc) is 2.98. The first-order chi connectivity index (χ1) is 10.1. The predicted octanol–water partition coefficient (Wildman–Crippen LogP) is 1.37. The molecule has 21 heavy (non-hydrogen) atoms. The Bertz CT molecular complexity index is 369. The van der Waals surface area contributed by atoms with Crippen molar-refractivity contribution in [1.29, 1.82) is 0 Å². The number of carboxylic acid groups (broad SMARTS) is 1. The van der Waals surface area contributed by atoms with Gasteiger partial charge >= 0.3 is 12.0 Å². The van der Waals surface area contributed by atoms with Crippen LogP contribution in [-0.4, -0.2) is 65.7 Å². The zero-order chi connectivity index (χ0) is 15.2. The van der Waals surface area contributed by atoms with Crippen LogP contribution in [0.1, 0.15) is 39.0 Å². The van der Waals surface area contributed by atoms with Crippen molar-refractivity contribution in [1.82, 2.24) is 15.1 Å². The van der Waals surface area contributed by atoms with E-state index in [4.69, 9.17) is 5.11 Å². The quantitative estimate of drug-likeness (QED) is 0.804. The van der Waals surface area contributed by atoms with Gasteiger partial charge in [-0.3, -0.25) is 9.69 Å². The number of likely N-dealkylation sites (tertiary alicyclic amines) is 2. The molecule has 2 heterocycles. The molecule has 0 bridgehead atoms. The van der Waals surface area contributed by atoms with Crippen LogP contribution in [-0.2, 0) is 4.79 Å². The maximum Gasteiger partial charge on any atom is 0.317 e. The highest BCUT2D eigenvalue weighted by molar-refractivity contribution is 5.74. The van der Waals surface area contributed by atoms with Gasteiger partial charge in [-0.05, 0) is 51.6 Å². The SMILES string of the molecule is CC(CNC(=O)N1CCCC(CC(=O)O)C1)N1CCCC1. The Hall–Kier alpha value is -1.30. The summed E-state index contributed by atoms with van der Waals surface area (Å²) in [6, 6.07) is 0.326. The number of nitrogens with one attached hydrogen (secondary N) is 1. The van der Waals surface area contributed by atoms with Crippen LogP contribution in [0, 0.1) is 5.92 Å². The van der Waals surface area contributed by atoms with E-state index in [9.17, 15) is 9.59 Å². The number of urea groups is 1. The number of carbonyl (C=O) groups excluding carboxylic acids is 1. The predicted molar refractivity (Wildman–Crippen MR) is 80.2 cm³/mol. The largest absolute Gasteiger partial charge is 0.481 e. The summed E-state index contributed by atoms with van der Waals surface area (Å²) in [5.41, 5.74) is 0. The number of amides is 2. The summed E-state index contributed by atoms with van der Waals surface area (Å²) < 4.78 is 0. The second-order valence-electron chi connectivity index (χ2n) is 6.33. The fraction of sp³-hybridized carbons (Fsp3) is 0.867. The third-order valence-electron chi connectivity index (χ3n) is 4.58. The van der Waals surface area contributed by atoms with Gasteiger partial charge in [-0.15, -0.1) is 0 Å². The summed E-state index contributed by atoms with van der Waals surface area (Å²) in [6.45, 7) is 6.37. The first-order valence-corrected chi connectivity index (χ1v) is 8.05. The summed E-state index contributed by atoms with van der Waals surface area (Å²) in [6.07, 6.45) is 4.46. The molecule has 6 nitrogen and oxygen atoms in total. The Labute approximate surface area is 126 Å². The molecule has 6 heteroatoms. The zero-order valence-corrected chi connectivity index (χ0v) is 12.9.